The van der Waals surface area contributed by atoms with Crippen molar-refractivity contribution in [1.82, 2.24) is 10.2 Å². The molecule has 5 N–H and O–H groups in total. The van der Waals surface area contributed by atoms with Crippen LogP contribution in [0.2, 0.25) is 0 Å². The number of rotatable bonds is 4. The number of nitrogen functional groups attached to an aromatic ring is 1. The van der Waals surface area contributed by atoms with Gasteiger partial charge in [0.15, 0.2) is 5.82 Å². The zero-order chi connectivity index (χ0) is 12.3. The average molecular weight is 232 g/mol. The summed E-state index contributed by atoms with van der Waals surface area (Å²) in [5, 5.41) is 19.3. The Hall–Kier alpha value is -2.01. The number of benzene rings is 1. The molecule has 5 heteroatoms. The minimum absolute atomic E-state index is 0.372. The monoisotopic (exact) mass is 232 g/mol. The zero-order valence-corrected chi connectivity index (χ0v) is 9.64. The summed E-state index contributed by atoms with van der Waals surface area (Å²) in [6.45, 7) is 2.31. The van der Waals surface area contributed by atoms with E-state index in [1.807, 2.05) is 30.3 Å². The maximum Gasteiger partial charge on any atom is 0.169 e. The SMILES string of the molecule is CC(O)c1[nH]nc(N)c1NCc1ccccc1. The molecule has 1 aromatic carbocycles. The van der Waals surface area contributed by atoms with Gasteiger partial charge in [-0.05, 0) is 12.5 Å². The van der Waals surface area contributed by atoms with Gasteiger partial charge in [-0.25, -0.2) is 0 Å². The summed E-state index contributed by atoms with van der Waals surface area (Å²) >= 11 is 0. The lowest BCUT2D eigenvalue weighted by Crippen LogP contribution is -2.04. The highest BCUT2D eigenvalue weighted by molar-refractivity contribution is 5.65. The van der Waals surface area contributed by atoms with E-state index in [9.17, 15) is 5.11 Å². The van der Waals surface area contributed by atoms with Gasteiger partial charge < -0.3 is 16.2 Å². The van der Waals surface area contributed by atoms with Gasteiger partial charge in [0.05, 0.1) is 11.8 Å². The third kappa shape index (κ3) is 2.57. The molecule has 5 nitrogen and oxygen atoms in total. The lowest BCUT2D eigenvalue weighted by molar-refractivity contribution is 0.195. The molecular formula is C12H16N4O. The van der Waals surface area contributed by atoms with Gasteiger partial charge in [-0.15, -0.1) is 0 Å². The van der Waals surface area contributed by atoms with Crippen LogP contribution in [0.4, 0.5) is 11.5 Å². The highest BCUT2D eigenvalue weighted by atomic mass is 16.3. The molecule has 0 saturated heterocycles. The van der Waals surface area contributed by atoms with Crippen molar-refractivity contribution in [2.75, 3.05) is 11.1 Å². The molecule has 17 heavy (non-hydrogen) atoms. The zero-order valence-electron chi connectivity index (χ0n) is 9.64. The van der Waals surface area contributed by atoms with Crippen molar-refractivity contribution < 1.29 is 5.11 Å². The predicted molar refractivity (Wildman–Crippen MR) is 67.4 cm³/mol. The molecule has 90 valence electrons. The van der Waals surface area contributed by atoms with E-state index < -0.39 is 6.10 Å². The molecule has 2 rings (SSSR count). The molecule has 1 unspecified atom stereocenters. The number of hydrogen-bond donors (Lipinski definition) is 4. The first-order chi connectivity index (χ1) is 8.18. The molecule has 0 spiro atoms. The van der Waals surface area contributed by atoms with Gasteiger partial charge in [-0.2, -0.15) is 5.10 Å². The smallest absolute Gasteiger partial charge is 0.169 e. The molecule has 0 radical (unpaired) electrons. The Morgan fingerprint density at radius 2 is 2.12 bits per heavy atom. The lowest BCUT2D eigenvalue weighted by Gasteiger charge is -2.09. The van der Waals surface area contributed by atoms with Crippen LogP contribution >= 0.6 is 0 Å². The van der Waals surface area contributed by atoms with Gasteiger partial charge in [-0.3, -0.25) is 5.10 Å². The van der Waals surface area contributed by atoms with Crippen molar-refractivity contribution in [2.24, 2.45) is 0 Å². The van der Waals surface area contributed by atoms with Gasteiger partial charge in [0.25, 0.3) is 0 Å². The number of aliphatic hydroxyl groups excluding tert-OH is 1. The van der Waals surface area contributed by atoms with Gasteiger partial charge in [-0.1, -0.05) is 30.3 Å². The molecule has 1 atom stereocenters. The van der Waals surface area contributed by atoms with Crippen LogP contribution in [0.15, 0.2) is 30.3 Å². The fraction of sp³-hybridized carbons (Fsp3) is 0.250. The fourth-order valence-electron chi connectivity index (χ4n) is 1.64. The van der Waals surface area contributed by atoms with E-state index in [0.717, 1.165) is 5.56 Å². The number of aliphatic hydroxyl groups is 1. The number of nitrogens with zero attached hydrogens (tertiary/aromatic N) is 1. The Labute approximate surface area is 99.7 Å². The van der Waals surface area contributed by atoms with Gasteiger partial charge in [0, 0.05) is 6.54 Å². The molecule has 2 aromatic rings. The van der Waals surface area contributed by atoms with Crippen molar-refractivity contribution in [1.29, 1.82) is 0 Å². The Balaban J connectivity index is 2.11. The Bertz CT molecular complexity index is 479. The summed E-state index contributed by atoms with van der Waals surface area (Å²) in [6, 6.07) is 9.96. The van der Waals surface area contributed by atoms with E-state index in [4.69, 9.17) is 5.73 Å². The number of nitrogens with one attached hydrogen (secondary N) is 2. The Kier molecular flexibility index (Phi) is 3.30. The van der Waals surface area contributed by atoms with E-state index >= 15 is 0 Å². The maximum absolute atomic E-state index is 9.55. The molecule has 0 bridgehead atoms. The van der Waals surface area contributed by atoms with Crippen LogP contribution in [0, 0.1) is 0 Å². The third-order valence-corrected chi connectivity index (χ3v) is 2.55. The van der Waals surface area contributed by atoms with Gasteiger partial charge in [0.2, 0.25) is 0 Å². The topological polar surface area (TPSA) is 87.0 Å². The van der Waals surface area contributed by atoms with E-state index in [2.05, 4.69) is 15.5 Å². The standard InChI is InChI=1S/C12H16N4O/c1-8(17)10-11(12(13)16-15-10)14-7-9-5-3-2-4-6-9/h2-6,8,14,17H,7H2,1H3,(H3,13,15,16). The summed E-state index contributed by atoms with van der Waals surface area (Å²) in [5.74, 6) is 0.372. The third-order valence-electron chi connectivity index (χ3n) is 2.55. The quantitative estimate of drug-likeness (QED) is 0.645. The van der Waals surface area contributed by atoms with Crippen molar-refractivity contribution in [3.05, 3.63) is 41.6 Å². The van der Waals surface area contributed by atoms with Crippen molar-refractivity contribution >= 4 is 11.5 Å². The first-order valence-electron chi connectivity index (χ1n) is 5.48. The van der Waals surface area contributed by atoms with Crippen LogP contribution in [0.25, 0.3) is 0 Å². The van der Waals surface area contributed by atoms with E-state index in [1.54, 1.807) is 6.92 Å². The highest BCUT2D eigenvalue weighted by Crippen LogP contribution is 2.26. The minimum Gasteiger partial charge on any atom is -0.387 e. The van der Waals surface area contributed by atoms with E-state index in [1.165, 1.54) is 0 Å². The molecule has 0 aliphatic rings. The largest absolute Gasteiger partial charge is 0.387 e. The molecule has 1 heterocycles. The molecule has 0 saturated carbocycles. The highest BCUT2D eigenvalue weighted by Gasteiger charge is 2.14. The van der Waals surface area contributed by atoms with Crippen LogP contribution in [0.3, 0.4) is 0 Å². The molecule has 0 aliphatic carbocycles. The first kappa shape index (κ1) is 11.5. The Morgan fingerprint density at radius 1 is 1.41 bits per heavy atom. The number of H-pyrrole nitrogens is 1. The number of aromatic nitrogens is 2. The fourth-order valence-corrected chi connectivity index (χ4v) is 1.64. The summed E-state index contributed by atoms with van der Waals surface area (Å²) < 4.78 is 0. The molecule has 0 amide bonds. The lowest BCUT2D eigenvalue weighted by atomic mass is 10.2. The minimum atomic E-state index is -0.627. The van der Waals surface area contributed by atoms with Crippen molar-refractivity contribution in [3.8, 4) is 0 Å². The molecule has 1 aromatic heterocycles. The van der Waals surface area contributed by atoms with Gasteiger partial charge >= 0.3 is 0 Å². The normalized spacial score (nSPS) is 12.4. The van der Waals surface area contributed by atoms with Crippen molar-refractivity contribution in [2.45, 2.75) is 19.6 Å². The summed E-state index contributed by atoms with van der Waals surface area (Å²) in [4.78, 5) is 0. The van der Waals surface area contributed by atoms with Gasteiger partial charge in [0.1, 0.15) is 5.69 Å². The predicted octanol–water partition coefficient (Wildman–Crippen LogP) is 1.66. The number of anilines is 2. The van der Waals surface area contributed by atoms with E-state index in [-0.39, 0.29) is 0 Å². The summed E-state index contributed by atoms with van der Waals surface area (Å²) in [7, 11) is 0. The molecule has 0 aliphatic heterocycles. The van der Waals surface area contributed by atoms with Crippen LogP contribution in [0.5, 0.6) is 0 Å². The molecule has 0 fully saturated rings. The second kappa shape index (κ2) is 4.88. The average Bonchev–Trinajstić information content (AvgIpc) is 2.69. The Morgan fingerprint density at radius 3 is 2.76 bits per heavy atom. The van der Waals surface area contributed by atoms with Crippen LogP contribution < -0.4 is 11.1 Å². The number of nitrogens with two attached hydrogens (primary N) is 1. The van der Waals surface area contributed by atoms with Crippen molar-refractivity contribution in [3.63, 3.8) is 0 Å². The maximum atomic E-state index is 9.55. The first-order valence-corrected chi connectivity index (χ1v) is 5.48. The number of aromatic amines is 1. The van der Waals surface area contributed by atoms with E-state index in [0.29, 0.717) is 23.7 Å². The summed E-state index contributed by atoms with van der Waals surface area (Å²) in [5.41, 5.74) is 8.15. The number of hydrogen-bond acceptors (Lipinski definition) is 4. The van der Waals surface area contributed by atoms with Crippen LogP contribution in [-0.4, -0.2) is 15.3 Å². The van der Waals surface area contributed by atoms with Crippen LogP contribution in [-0.2, 0) is 6.54 Å². The second-order valence-corrected chi connectivity index (χ2v) is 3.91. The van der Waals surface area contributed by atoms with Crippen LogP contribution in [0.1, 0.15) is 24.3 Å². The second-order valence-electron chi connectivity index (χ2n) is 3.91. The molecular weight excluding hydrogens is 216 g/mol. The summed E-state index contributed by atoms with van der Waals surface area (Å²) in [6.07, 6.45) is -0.627.